The van der Waals surface area contributed by atoms with E-state index in [1.165, 1.54) is 12.1 Å². The zero-order valence-electron chi connectivity index (χ0n) is 19.3. The molecule has 36 heavy (non-hydrogen) atoms. The van der Waals surface area contributed by atoms with Gasteiger partial charge in [-0.3, -0.25) is 14.4 Å². The number of rotatable bonds is 13. The molecule has 2 aromatic rings. The van der Waals surface area contributed by atoms with Crippen LogP contribution in [0.25, 0.3) is 0 Å². The summed E-state index contributed by atoms with van der Waals surface area (Å²) in [6.07, 6.45) is 0.124. The molecule has 12 heteroatoms. The van der Waals surface area contributed by atoms with Crippen molar-refractivity contribution in [3.8, 4) is 5.75 Å². The third-order valence-electron chi connectivity index (χ3n) is 5.26. The molecular formula is C24H30N4O6S2. The number of hydrogen-bond donors (Lipinski definition) is 8. The molecule has 0 radical (unpaired) electrons. The Labute approximate surface area is 219 Å². The summed E-state index contributed by atoms with van der Waals surface area (Å²) in [4.78, 5) is 50.1. The summed E-state index contributed by atoms with van der Waals surface area (Å²) in [5.74, 6) is -3.30. The van der Waals surface area contributed by atoms with Crippen LogP contribution in [0, 0.1) is 0 Å². The van der Waals surface area contributed by atoms with Crippen LogP contribution in [0.1, 0.15) is 11.1 Å². The Morgan fingerprint density at radius 1 is 0.722 bits per heavy atom. The largest absolute Gasteiger partial charge is 0.508 e. The first-order valence-electron chi connectivity index (χ1n) is 11.1. The lowest BCUT2D eigenvalue weighted by Gasteiger charge is -2.25. The maximum atomic E-state index is 13.3. The summed E-state index contributed by atoms with van der Waals surface area (Å²) < 4.78 is 0. The van der Waals surface area contributed by atoms with E-state index in [9.17, 15) is 29.4 Å². The van der Waals surface area contributed by atoms with E-state index in [4.69, 9.17) is 5.73 Å². The Bertz CT molecular complexity index is 1040. The number of carbonyl (C=O) groups is 4. The van der Waals surface area contributed by atoms with Crippen molar-refractivity contribution in [1.82, 2.24) is 16.0 Å². The topological polar surface area (TPSA) is 171 Å². The summed E-state index contributed by atoms with van der Waals surface area (Å²) in [5, 5.41) is 26.4. The molecule has 3 amide bonds. The monoisotopic (exact) mass is 534 g/mol. The van der Waals surface area contributed by atoms with Crippen LogP contribution in [0.15, 0.2) is 54.6 Å². The first kappa shape index (κ1) is 29.0. The Hall–Kier alpha value is -3.22. The lowest BCUT2D eigenvalue weighted by Crippen LogP contribution is -2.58. The van der Waals surface area contributed by atoms with Crippen molar-refractivity contribution in [1.29, 1.82) is 0 Å². The lowest BCUT2D eigenvalue weighted by atomic mass is 10.0. The minimum absolute atomic E-state index is 0.0395. The van der Waals surface area contributed by atoms with Crippen molar-refractivity contribution >= 4 is 48.9 Å². The van der Waals surface area contributed by atoms with Gasteiger partial charge in [0.1, 0.15) is 23.9 Å². The highest BCUT2D eigenvalue weighted by Crippen LogP contribution is 2.12. The number of aliphatic carboxylic acids is 1. The van der Waals surface area contributed by atoms with E-state index in [1.54, 1.807) is 42.5 Å². The van der Waals surface area contributed by atoms with Crippen molar-refractivity contribution in [2.45, 2.75) is 37.0 Å². The van der Waals surface area contributed by atoms with E-state index >= 15 is 0 Å². The highest BCUT2D eigenvalue weighted by atomic mass is 32.1. The highest BCUT2D eigenvalue weighted by molar-refractivity contribution is 7.80. The molecular weight excluding hydrogens is 504 g/mol. The summed E-state index contributed by atoms with van der Waals surface area (Å²) in [7, 11) is 0. The third-order valence-corrected chi connectivity index (χ3v) is 6.01. The molecule has 0 aromatic heterocycles. The number of phenolic OH excluding ortho intramolecular Hbond substituents is 1. The van der Waals surface area contributed by atoms with E-state index in [-0.39, 0.29) is 30.1 Å². The van der Waals surface area contributed by atoms with Gasteiger partial charge in [0.05, 0.1) is 6.04 Å². The Kier molecular flexibility index (Phi) is 11.6. The van der Waals surface area contributed by atoms with E-state index in [2.05, 4.69) is 41.2 Å². The van der Waals surface area contributed by atoms with E-state index in [1.807, 2.05) is 0 Å². The molecule has 194 valence electrons. The van der Waals surface area contributed by atoms with Gasteiger partial charge in [0.15, 0.2) is 0 Å². The smallest absolute Gasteiger partial charge is 0.327 e. The summed E-state index contributed by atoms with van der Waals surface area (Å²) in [5.41, 5.74) is 7.11. The van der Waals surface area contributed by atoms with Crippen molar-refractivity contribution in [2.24, 2.45) is 5.73 Å². The van der Waals surface area contributed by atoms with Crippen LogP contribution in [0.5, 0.6) is 5.75 Å². The second-order valence-electron chi connectivity index (χ2n) is 8.05. The van der Waals surface area contributed by atoms with Crippen LogP contribution in [0.2, 0.25) is 0 Å². The Morgan fingerprint density at radius 3 is 1.67 bits per heavy atom. The second-order valence-corrected chi connectivity index (χ2v) is 8.78. The molecule has 2 aromatic carbocycles. The quantitative estimate of drug-likeness (QED) is 0.166. The molecule has 0 saturated heterocycles. The number of carboxylic acid groups (broad SMARTS) is 1. The van der Waals surface area contributed by atoms with Crippen molar-refractivity contribution < 1.29 is 29.4 Å². The number of hydrogen-bond acceptors (Lipinski definition) is 8. The molecule has 0 unspecified atom stereocenters. The zero-order valence-corrected chi connectivity index (χ0v) is 21.1. The highest BCUT2D eigenvalue weighted by Gasteiger charge is 2.30. The van der Waals surface area contributed by atoms with Gasteiger partial charge in [-0.15, -0.1) is 0 Å². The average molecular weight is 535 g/mol. The van der Waals surface area contributed by atoms with Crippen molar-refractivity contribution in [2.75, 3.05) is 11.5 Å². The normalized spacial score (nSPS) is 14.1. The van der Waals surface area contributed by atoms with E-state index in [0.717, 1.165) is 5.56 Å². The molecule has 0 saturated carbocycles. The lowest BCUT2D eigenvalue weighted by molar-refractivity contribution is -0.141. The van der Waals surface area contributed by atoms with Gasteiger partial charge in [-0.2, -0.15) is 25.3 Å². The van der Waals surface area contributed by atoms with Crippen LogP contribution in [-0.4, -0.2) is 69.6 Å². The van der Waals surface area contributed by atoms with Gasteiger partial charge < -0.3 is 31.9 Å². The number of aromatic hydroxyl groups is 1. The fraction of sp³-hybridized carbons (Fsp3) is 0.333. The first-order chi connectivity index (χ1) is 17.1. The van der Waals surface area contributed by atoms with Gasteiger partial charge in [-0.25, -0.2) is 4.79 Å². The second kappa shape index (κ2) is 14.4. The predicted molar refractivity (Wildman–Crippen MR) is 141 cm³/mol. The number of thiol groups is 2. The fourth-order valence-corrected chi connectivity index (χ4v) is 3.64. The SMILES string of the molecule is N[C@@H](CS)C(=O)N[C@@H](Cc1ccc(O)cc1)C(=O)N[C@@H](Cc1ccccc1)C(=O)N[C@@H](CS)C(=O)O. The van der Waals surface area contributed by atoms with Gasteiger partial charge >= 0.3 is 5.97 Å². The number of nitrogens with one attached hydrogen (secondary N) is 3. The van der Waals surface area contributed by atoms with Gasteiger partial charge in [-0.05, 0) is 23.3 Å². The summed E-state index contributed by atoms with van der Waals surface area (Å²) >= 11 is 7.98. The van der Waals surface area contributed by atoms with Crippen LogP contribution < -0.4 is 21.7 Å². The number of phenols is 1. The van der Waals surface area contributed by atoms with Gasteiger partial charge in [0.25, 0.3) is 0 Å². The van der Waals surface area contributed by atoms with Crippen LogP contribution in [0.4, 0.5) is 0 Å². The van der Waals surface area contributed by atoms with Gasteiger partial charge in [-0.1, -0.05) is 42.5 Å². The number of nitrogens with two attached hydrogens (primary N) is 1. The van der Waals surface area contributed by atoms with Gasteiger partial charge in [0.2, 0.25) is 17.7 Å². The molecule has 0 aliphatic heterocycles. The van der Waals surface area contributed by atoms with E-state index in [0.29, 0.717) is 5.56 Å². The number of benzene rings is 2. The number of amides is 3. The molecule has 7 N–H and O–H groups in total. The van der Waals surface area contributed by atoms with Crippen molar-refractivity contribution in [3.05, 3.63) is 65.7 Å². The van der Waals surface area contributed by atoms with Crippen molar-refractivity contribution in [3.63, 3.8) is 0 Å². The maximum Gasteiger partial charge on any atom is 0.327 e. The molecule has 2 rings (SSSR count). The molecule has 4 atom stereocenters. The number of carboxylic acids is 1. The summed E-state index contributed by atoms with van der Waals surface area (Å²) in [6, 6.07) is 10.5. The molecule has 0 heterocycles. The van der Waals surface area contributed by atoms with Crippen LogP contribution >= 0.6 is 25.3 Å². The third kappa shape index (κ3) is 9.10. The molecule has 0 aliphatic rings. The molecule has 0 spiro atoms. The minimum Gasteiger partial charge on any atom is -0.508 e. The Balaban J connectivity index is 2.29. The molecule has 0 fully saturated rings. The van der Waals surface area contributed by atoms with Gasteiger partial charge in [0, 0.05) is 24.3 Å². The molecule has 0 bridgehead atoms. The Morgan fingerprint density at radius 2 is 1.19 bits per heavy atom. The first-order valence-corrected chi connectivity index (χ1v) is 12.3. The average Bonchev–Trinajstić information content (AvgIpc) is 2.87. The minimum atomic E-state index is -1.26. The molecule has 10 nitrogen and oxygen atoms in total. The number of carbonyl (C=O) groups excluding carboxylic acids is 3. The molecule has 0 aliphatic carbocycles. The zero-order chi connectivity index (χ0) is 26.7. The van der Waals surface area contributed by atoms with Crippen LogP contribution in [-0.2, 0) is 32.0 Å². The summed E-state index contributed by atoms with van der Waals surface area (Å²) in [6.45, 7) is 0. The standard InChI is InChI=1S/C24H30N4O6S2/c25-17(12-35)21(30)26-18(11-15-6-8-16(29)9-7-15)22(31)27-19(10-14-4-2-1-3-5-14)23(32)28-20(13-36)24(33)34/h1-9,17-20,29,35-36H,10-13,25H2,(H,26,30)(H,27,31)(H,28,32)(H,33,34)/t17-,18-,19-,20-/m0/s1. The van der Waals surface area contributed by atoms with Crippen LogP contribution in [0.3, 0.4) is 0 Å². The van der Waals surface area contributed by atoms with E-state index < -0.39 is 47.9 Å². The fourth-order valence-electron chi connectivity index (χ4n) is 3.23. The maximum absolute atomic E-state index is 13.3. The predicted octanol–water partition coefficient (Wildman–Crippen LogP) is -0.0967.